The Kier molecular flexibility index (Phi) is 6.86. The van der Waals surface area contributed by atoms with E-state index in [1.165, 1.54) is 55.9 Å². The molecule has 4 aromatic carbocycles. The largest absolute Gasteiger partial charge is 0.311 e. The van der Waals surface area contributed by atoms with Crippen molar-refractivity contribution >= 4 is 30.2 Å². The monoisotopic (exact) mass is 512 g/mol. The lowest BCUT2D eigenvalue weighted by Gasteiger charge is -2.32. The van der Waals surface area contributed by atoms with Gasteiger partial charge >= 0.3 is 0 Å². The van der Waals surface area contributed by atoms with Crippen LogP contribution in [0.4, 0.5) is 11.4 Å². The lowest BCUT2D eigenvalue weighted by molar-refractivity contribution is 0.616. The van der Waals surface area contributed by atoms with E-state index in [-0.39, 0.29) is 12.1 Å². The molecule has 0 bridgehead atoms. The topological polar surface area (TPSA) is 6.48 Å². The first kappa shape index (κ1) is 24.9. The van der Waals surface area contributed by atoms with Gasteiger partial charge in [-0.25, -0.2) is 0 Å². The van der Waals surface area contributed by atoms with Crippen molar-refractivity contribution in [3.05, 3.63) is 129 Å². The Morgan fingerprint density at radius 3 is 1.14 bits per heavy atom. The lowest BCUT2D eigenvalue weighted by Crippen LogP contribution is -2.25. The Bertz CT molecular complexity index is 1230. The molecule has 0 unspecified atom stereocenters. The van der Waals surface area contributed by atoms with Gasteiger partial charge in [-0.1, -0.05) is 96.1 Å². The van der Waals surface area contributed by atoms with E-state index < -0.39 is 7.58 Å². The SMILES string of the molecule is Cc1cc(C)c(N2[C@H](c3ccccc3)[C@@H](c3ccccc3)N(c3c(C)cc(C)cc3C)P2Cl)c(C)c1. The quantitative estimate of drug-likeness (QED) is 0.251. The molecule has 0 amide bonds. The fourth-order valence-corrected chi connectivity index (χ4v) is 9.15. The van der Waals surface area contributed by atoms with Crippen molar-refractivity contribution in [3.8, 4) is 0 Å². The molecule has 2 atom stereocenters. The molecule has 1 saturated heterocycles. The number of hydrogen-bond donors (Lipinski definition) is 0. The van der Waals surface area contributed by atoms with Crippen molar-refractivity contribution in [1.29, 1.82) is 0 Å². The zero-order valence-electron chi connectivity index (χ0n) is 22.0. The van der Waals surface area contributed by atoms with Crippen LogP contribution in [0.15, 0.2) is 84.9 Å². The highest BCUT2D eigenvalue weighted by Crippen LogP contribution is 2.70. The zero-order chi connectivity index (χ0) is 25.6. The van der Waals surface area contributed by atoms with Gasteiger partial charge in [0.25, 0.3) is 0 Å². The van der Waals surface area contributed by atoms with Crippen molar-refractivity contribution in [2.24, 2.45) is 0 Å². The Labute approximate surface area is 222 Å². The number of nitrogens with zero attached hydrogens (tertiary/aromatic N) is 2. The van der Waals surface area contributed by atoms with E-state index in [0.29, 0.717) is 0 Å². The summed E-state index contributed by atoms with van der Waals surface area (Å²) in [4.78, 5) is 0. The fraction of sp³-hybridized carbons (Fsp3) is 0.250. The third-order valence-electron chi connectivity index (χ3n) is 7.19. The predicted molar refractivity (Wildman–Crippen MR) is 157 cm³/mol. The number of aryl methyl sites for hydroxylation is 6. The normalized spacial score (nSPS) is 18.2. The average Bonchev–Trinajstić information content (AvgIpc) is 3.11. The number of rotatable bonds is 4. The van der Waals surface area contributed by atoms with Crippen molar-refractivity contribution in [3.63, 3.8) is 0 Å². The second-order valence-electron chi connectivity index (χ2n) is 10.1. The minimum atomic E-state index is -1.22. The maximum Gasteiger partial charge on any atom is 0.198 e. The Morgan fingerprint density at radius 1 is 0.528 bits per heavy atom. The molecule has 0 N–H and O–H groups in total. The molecule has 1 aliphatic rings. The molecule has 1 fully saturated rings. The molecule has 4 aromatic rings. The molecular formula is C32H34ClN2P. The van der Waals surface area contributed by atoms with E-state index >= 15 is 0 Å². The minimum absolute atomic E-state index is 0.0671. The third-order valence-corrected chi connectivity index (χ3v) is 9.78. The average molecular weight is 513 g/mol. The van der Waals surface area contributed by atoms with Gasteiger partial charge in [0.1, 0.15) is 0 Å². The highest BCUT2D eigenvalue weighted by molar-refractivity contribution is 7.86. The standard InChI is InChI=1S/C32H34ClN2P/c1-21-17-23(3)29(24(4)18-21)34-31(27-13-9-7-10-14-27)32(28-15-11-8-12-16-28)35(36(34)33)30-25(5)19-22(2)20-26(30)6/h7-20,31-32H,1-6H3/t31-,32-/m1/s1. The van der Waals surface area contributed by atoms with Gasteiger partial charge in [0.05, 0.1) is 12.1 Å². The van der Waals surface area contributed by atoms with E-state index in [1.54, 1.807) is 0 Å². The Balaban J connectivity index is 1.82. The maximum atomic E-state index is 7.69. The fourth-order valence-electron chi connectivity index (χ4n) is 6.03. The van der Waals surface area contributed by atoms with Crippen LogP contribution in [0.2, 0.25) is 0 Å². The summed E-state index contributed by atoms with van der Waals surface area (Å²) in [5.74, 6) is 0. The third kappa shape index (κ3) is 4.32. The minimum Gasteiger partial charge on any atom is -0.311 e. The number of benzene rings is 4. The van der Waals surface area contributed by atoms with Crippen molar-refractivity contribution < 1.29 is 0 Å². The summed E-state index contributed by atoms with van der Waals surface area (Å²) in [6.45, 7) is 13.2. The first-order chi connectivity index (χ1) is 17.3. The van der Waals surface area contributed by atoms with Gasteiger partial charge in [0.2, 0.25) is 0 Å². The predicted octanol–water partition coefficient (Wildman–Crippen LogP) is 9.81. The summed E-state index contributed by atoms with van der Waals surface area (Å²) in [7, 11) is -1.22. The molecule has 0 spiro atoms. The van der Waals surface area contributed by atoms with Crippen LogP contribution in [-0.4, -0.2) is 0 Å². The van der Waals surface area contributed by atoms with Gasteiger partial charge in [-0.05, 0) is 86.2 Å². The summed E-state index contributed by atoms with van der Waals surface area (Å²) in [6.07, 6.45) is 0. The highest BCUT2D eigenvalue weighted by Gasteiger charge is 2.50. The lowest BCUT2D eigenvalue weighted by atomic mass is 9.91. The van der Waals surface area contributed by atoms with Crippen LogP contribution in [0.25, 0.3) is 0 Å². The van der Waals surface area contributed by atoms with Crippen LogP contribution in [0, 0.1) is 41.5 Å². The molecule has 5 rings (SSSR count). The molecule has 36 heavy (non-hydrogen) atoms. The van der Waals surface area contributed by atoms with Crippen LogP contribution in [-0.2, 0) is 0 Å². The van der Waals surface area contributed by atoms with Crippen LogP contribution in [0.1, 0.15) is 56.6 Å². The summed E-state index contributed by atoms with van der Waals surface area (Å²) in [5.41, 5.74) is 12.7. The molecule has 4 heteroatoms. The first-order valence-electron chi connectivity index (χ1n) is 12.6. The molecule has 0 radical (unpaired) electrons. The van der Waals surface area contributed by atoms with Crippen molar-refractivity contribution in [2.75, 3.05) is 9.34 Å². The van der Waals surface area contributed by atoms with Crippen LogP contribution in [0.3, 0.4) is 0 Å². The summed E-state index contributed by atoms with van der Waals surface area (Å²) < 4.78 is 5.04. The first-order valence-corrected chi connectivity index (χ1v) is 14.7. The van der Waals surface area contributed by atoms with Gasteiger partial charge < -0.3 is 9.34 Å². The molecule has 2 nitrogen and oxygen atoms in total. The van der Waals surface area contributed by atoms with Gasteiger partial charge in [-0.15, -0.1) is 0 Å². The molecular weight excluding hydrogens is 479 g/mol. The molecule has 0 saturated carbocycles. The van der Waals surface area contributed by atoms with Crippen LogP contribution < -0.4 is 9.34 Å². The molecule has 0 aliphatic carbocycles. The number of halogens is 1. The van der Waals surface area contributed by atoms with Gasteiger partial charge in [-0.2, -0.15) is 0 Å². The maximum absolute atomic E-state index is 7.69. The van der Waals surface area contributed by atoms with E-state index in [4.69, 9.17) is 11.2 Å². The second-order valence-corrected chi connectivity index (χ2v) is 12.4. The summed E-state index contributed by atoms with van der Waals surface area (Å²) in [5, 5.41) is 0. The summed E-state index contributed by atoms with van der Waals surface area (Å²) in [6, 6.07) is 31.1. The van der Waals surface area contributed by atoms with Gasteiger partial charge in [-0.3, -0.25) is 0 Å². The van der Waals surface area contributed by atoms with Crippen LogP contribution in [0.5, 0.6) is 0 Å². The number of anilines is 2. The molecule has 1 aliphatic heterocycles. The molecule has 0 aromatic heterocycles. The van der Waals surface area contributed by atoms with E-state index in [0.717, 1.165) is 0 Å². The van der Waals surface area contributed by atoms with E-state index in [2.05, 4.69) is 136 Å². The van der Waals surface area contributed by atoms with Crippen molar-refractivity contribution in [2.45, 2.75) is 53.6 Å². The van der Waals surface area contributed by atoms with Gasteiger partial charge in [0, 0.05) is 11.4 Å². The summed E-state index contributed by atoms with van der Waals surface area (Å²) >= 11 is 7.69. The van der Waals surface area contributed by atoms with E-state index in [9.17, 15) is 0 Å². The molecule has 184 valence electrons. The smallest absolute Gasteiger partial charge is 0.198 e. The van der Waals surface area contributed by atoms with Gasteiger partial charge in [0.15, 0.2) is 7.58 Å². The van der Waals surface area contributed by atoms with Crippen molar-refractivity contribution in [1.82, 2.24) is 0 Å². The second kappa shape index (κ2) is 9.92. The zero-order valence-corrected chi connectivity index (χ0v) is 23.6. The molecule has 1 heterocycles. The van der Waals surface area contributed by atoms with E-state index in [1.807, 2.05) is 0 Å². The number of hydrogen-bond acceptors (Lipinski definition) is 2. The van der Waals surface area contributed by atoms with Crippen LogP contribution >= 0.6 is 18.8 Å². The Hall–Kier alpha value is -2.80. The Morgan fingerprint density at radius 2 is 0.833 bits per heavy atom. The highest BCUT2D eigenvalue weighted by atomic mass is 35.7.